The van der Waals surface area contributed by atoms with Crippen molar-refractivity contribution in [1.29, 1.82) is 0 Å². The van der Waals surface area contributed by atoms with Crippen LogP contribution in [0.5, 0.6) is 5.75 Å². The van der Waals surface area contributed by atoms with Gasteiger partial charge in [-0.25, -0.2) is 0 Å². The zero-order valence-corrected chi connectivity index (χ0v) is 12.2. The van der Waals surface area contributed by atoms with E-state index in [-0.39, 0.29) is 0 Å². The topological polar surface area (TPSA) is 9.23 Å². The third-order valence-electron chi connectivity index (χ3n) is 2.13. The monoisotopic (exact) mass is 388 g/mol. The van der Waals surface area contributed by atoms with Crippen molar-refractivity contribution in [2.75, 3.05) is 0 Å². The lowest BCUT2D eigenvalue weighted by Gasteiger charge is -2.08. The van der Waals surface area contributed by atoms with E-state index < -0.39 is 0 Å². The van der Waals surface area contributed by atoms with Gasteiger partial charge in [0, 0.05) is 3.57 Å². The molecule has 0 aromatic heterocycles. The Hall–Kier alpha value is -0.550. The maximum atomic E-state index is 5.73. The van der Waals surface area contributed by atoms with Crippen molar-refractivity contribution in [2.24, 2.45) is 0 Å². The van der Waals surface area contributed by atoms with E-state index in [1.165, 1.54) is 9.13 Å². The molecular weight excluding hydrogens is 379 g/mol. The highest BCUT2D eigenvalue weighted by Crippen LogP contribution is 2.27. The lowest BCUT2D eigenvalue weighted by molar-refractivity contribution is 0.304. The van der Waals surface area contributed by atoms with Crippen LogP contribution in [0.2, 0.25) is 0 Å². The van der Waals surface area contributed by atoms with Gasteiger partial charge < -0.3 is 4.74 Å². The molecule has 0 amide bonds. The van der Waals surface area contributed by atoms with E-state index in [4.69, 9.17) is 4.74 Å². The molecule has 2 rings (SSSR count). The Balaban J connectivity index is 2.05. The highest BCUT2D eigenvalue weighted by atomic mass is 127. The van der Waals surface area contributed by atoms with Gasteiger partial charge >= 0.3 is 0 Å². The molecule has 0 fully saturated rings. The predicted molar refractivity (Wildman–Crippen MR) is 77.6 cm³/mol. The number of halogens is 2. The Morgan fingerprint density at radius 1 is 1.06 bits per heavy atom. The largest absolute Gasteiger partial charge is 0.488 e. The highest BCUT2D eigenvalue weighted by Gasteiger charge is 2.01. The summed E-state index contributed by atoms with van der Waals surface area (Å²) in [6, 6.07) is 16.2. The van der Waals surface area contributed by atoms with Gasteiger partial charge in [-0.15, -0.1) is 0 Å². The van der Waals surface area contributed by atoms with Crippen LogP contribution in [0.25, 0.3) is 0 Å². The van der Waals surface area contributed by atoms with Gasteiger partial charge in [0.2, 0.25) is 0 Å². The van der Waals surface area contributed by atoms with E-state index in [9.17, 15) is 0 Å². The molecule has 1 nitrogen and oxygen atoms in total. The van der Waals surface area contributed by atoms with Crippen molar-refractivity contribution in [1.82, 2.24) is 0 Å². The van der Waals surface area contributed by atoms with Crippen molar-refractivity contribution in [3.8, 4) is 5.75 Å². The Labute approximate surface area is 117 Å². The van der Waals surface area contributed by atoms with Crippen LogP contribution < -0.4 is 4.74 Å². The first-order valence-corrected chi connectivity index (χ1v) is 6.74. The molecule has 82 valence electrons. The molecule has 0 atom stereocenters. The van der Waals surface area contributed by atoms with Crippen LogP contribution in [0.4, 0.5) is 0 Å². The summed E-state index contributed by atoms with van der Waals surface area (Å²) >= 11 is 5.77. The molecule has 0 aliphatic carbocycles. The summed E-state index contributed by atoms with van der Waals surface area (Å²) < 4.78 is 7.91. The van der Waals surface area contributed by atoms with Gasteiger partial charge in [-0.1, -0.05) is 30.3 Å². The molecule has 0 saturated heterocycles. The van der Waals surface area contributed by atoms with E-state index in [2.05, 4.69) is 50.7 Å². The summed E-state index contributed by atoms with van der Waals surface area (Å²) in [5, 5.41) is 0. The summed E-state index contributed by atoms with van der Waals surface area (Å²) in [6.07, 6.45) is 0. The molecular formula is C13H10BrIO. The van der Waals surface area contributed by atoms with E-state index in [0.29, 0.717) is 6.61 Å². The molecule has 0 aliphatic heterocycles. The Kier molecular flexibility index (Phi) is 4.23. The normalized spacial score (nSPS) is 10.1. The molecule has 0 heterocycles. The smallest absolute Gasteiger partial charge is 0.134 e. The van der Waals surface area contributed by atoms with Gasteiger partial charge in [0.25, 0.3) is 0 Å². The maximum absolute atomic E-state index is 5.73. The maximum Gasteiger partial charge on any atom is 0.134 e. The number of ether oxygens (including phenoxy) is 1. The van der Waals surface area contributed by atoms with Crippen LogP contribution in [-0.2, 0) is 6.61 Å². The number of hydrogen-bond donors (Lipinski definition) is 0. The highest BCUT2D eigenvalue weighted by molar-refractivity contribution is 14.1. The van der Waals surface area contributed by atoms with Gasteiger partial charge in [0.05, 0.1) is 4.47 Å². The molecule has 0 aliphatic rings. The molecule has 2 aromatic rings. The number of hydrogen-bond acceptors (Lipinski definition) is 1. The van der Waals surface area contributed by atoms with Gasteiger partial charge in [-0.05, 0) is 62.3 Å². The minimum atomic E-state index is 0.597. The molecule has 0 bridgehead atoms. The van der Waals surface area contributed by atoms with Crippen LogP contribution in [0.3, 0.4) is 0 Å². The van der Waals surface area contributed by atoms with Crippen molar-refractivity contribution in [2.45, 2.75) is 6.61 Å². The zero-order valence-electron chi connectivity index (χ0n) is 8.49. The fourth-order valence-electron chi connectivity index (χ4n) is 1.33. The third-order valence-corrected chi connectivity index (χ3v) is 3.42. The van der Waals surface area contributed by atoms with Gasteiger partial charge in [-0.2, -0.15) is 0 Å². The lowest BCUT2D eigenvalue weighted by Crippen LogP contribution is -1.95. The van der Waals surface area contributed by atoms with E-state index in [1.54, 1.807) is 0 Å². The van der Waals surface area contributed by atoms with Crippen LogP contribution in [0.1, 0.15) is 5.56 Å². The number of benzene rings is 2. The first-order valence-electron chi connectivity index (χ1n) is 4.87. The van der Waals surface area contributed by atoms with Crippen LogP contribution in [-0.4, -0.2) is 0 Å². The van der Waals surface area contributed by atoms with Crippen molar-refractivity contribution < 1.29 is 4.74 Å². The summed E-state index contributed by atoms with van der Waals surface area (Å²) in [5.41, 5.74) is 1.17. The first-order chi connectivity index (χ1) is 7.75. The van der Waals surface area contributed by atoms with E-state index in [1.807, 2.05) is 36.4 Å². The Bertz CT molecular complexity index is 471. The molecule has 2 aromatic carbocycles. The molecule has 0 N–H and O–H groups in total. The third kappa shape index (κ3) is 3.22. The van der Waals surface area contributed by atoms with Gasteiger partial charge in [-0.3, -0.25) is 0 Å². The van der Waals surface area contributed by atoms with Crippen molar-refractivity contribution in [3.05, 3.63) is 62.1 Å². The van der Waals surface area contributed by atoms with E-state index in [0.717, 1.165) is 10.2 Å². The Morgan fingerprint density at radius 3 is 2.50 bits per heavy atom. The summed E-state index contributed by atoms with van der Waals surface area (Å²) in [7, 11) is 0. The molecule has 3 heteroatoms. The minimum Gasteiger partial charge on any atom is -0.488 e. The molecule has 16 heavy (non-hydrogen) atoms. The second-order valence-electron chi connectivity index (χ2n) is 3.35. The first kappa shape index (κ1) is 11.9. The standard InChI is InChI=1S/C13H10BrIO/c14-12-8-11(15)6-7-13(12)16-9-10-4-2-1-3-5-10/h1-8H,9H2. The minimum absolute atomic E-state index is 0.597. The van der Waals surface area contributed by atoms with Gasteiger partial charge in [0.15, 0.2) is 0 Å². The van der Waals surface area contributed by atoms with Crippen LogP contribution in [0.15, 0.2) is 53.0 Å². The fraction of sp³-hybridized carbons (Fsp3) is 0.0769. The van der Waals surface area contributed by atoms with Crippen molar-refractivity contribution >= 4 is 38.5 Å². The second-order valence-corrected chi connectivity index (χ2v) is 5.45. The average molecular weight is 389 g/mol. The second kappa shape index (κ2) is 5.68. The van der Waals surface area contributed by atoms with E-state index >= 15 is 0 Å². The van der Waals surface area contributed by atoms with Crippen molar-refractivity contribution in [3.63, 3.8) is 0 Å². The molecule has 0 radical (unpaired) electrons. The predicted octanol–water partition coefficient (Wildman–Crippen LogP) is 4.63. The van der Waals surface area contributed by atoms with Crippen LogP contribution in [0, 0.1) is 3.57 Å². The molecule has 0 unspecified atom stereocenters. The fourth-order valence-corrected chi connectivity index (χ4v) is 2.74. The Morgan fingerprint density at radius 2 is 1.81 bits per heavy atom. The lowest BCUT2D eigenvalue weighted by atomic mass is 10.2. The summed E-state index contributed by atoms with van der Waals surface area (Å²) in [6.45, 7) is 0.597. The average Bonchev–Trinajstić information content (AvgIpc) is 2.29. The molecule has 0 spiro atoms. The SMILES string of the molecule is Brc1cc(I)ccc1OCc1ccccc1. The quantitative estimate of drug-likeness (QED) is 0.696. The summed E-state index contributed by atoms with van der Waals surface area (Å²) in [5.74, 6) is 0.879. The van der Waals surface area contributed by atoms with Crippen LogP contribution >= 0.6 is 38.5 Å². The molecule has 0 saturated carbocycles. The summed E-state index contributed by atoms with van der Waals surface area (Å²) in [4.78, 5) is 0. The zero-order chi connectivity index (χ0) is 11.4. The van der Waals surface area contributed by atoms with Gasteiger partial charge in [0.1, 0.15) is 12.4 Å². The number of rotatable bonds is 3.